The van der Waals surface area contributed by atoms with Crippen LogP contribution in [-0.4, -0.2) is 54.1 Å². The highest BCUT2D eigenvalue weighted by Crippen LogP contribution is 2.37. The number of likely N-dealkylation sites (N-methyl/N-ethyl adjacent to an activating group) is 1. The van der Waals surface area contributed by atoms with Gasteiger partial charge in [0, 0.05) is 43.0 Å². The lowest BCUT2D eigenvalue weighted by molar-refractivity contribution is -0.132. The minimum Gasteiger partial charge on any atom is -0.496 e. The number of aromatic amines is 1. The third-order valence-electron chi connectivity index (χ3n) is 6.53. The number of halogens is 1. The van der Waals surface area contributed by atoms with E-state index >= 15 is 0 Å². The normalized spacial score (nSPS) is 17.0. The Balaban J connectivity index is 1.58. The van der Waals surface area contributed by atoms with Crippen LogP contribution in [0.15, 0.2) is 42.6 Å². The molecule has 0 radical (unpaired) electrons. The molecule has 2 heterocycles. The quantitative estimate of drug-likeness (QED) is 0.515. The molecule has 0 saturated heterocycles. The Labute approximate surface area is 200 Å². The molecule has 0 spiro atoms. The molecule has 1 aliphatic rings. The average molecular weight is 465 g/mol. The average Bonchev–Trinajstić information content (AvgIpc) is 3.26. The maximum absolute atomic E-state index is 14.0. The summed E-state index contributed by atoms with van der Waals surface area (Å²) in [6.07, 6.45) is 6.66. The summed E-state index contributed by atoms with van der Waals surface area (Å²) in [6.45, 7) is 4.15. The molecule has 2 atom stereocenters. The highest BCUT2D eigenvalue weighted by molar-refractivity contribution is 5.96. The molecule has 1 aliphatic carbocycles. The van der Waals surface area contributed by atoms with Crippen LogP contribution in [0.2, 0.25) is 0 Å². The molecule has 1 aromatic carbocycles. The van der Waals surface area contributed by atoms with Gasteiger partial charge < -0.3 is 19.9 Å². The van der Waals surface area contributed by atoms with Crippen LogP contribution in [0, 0.1) is 11.7 Å². The van der Waals surface area contributed by atoms with E-state index in [0.29, 0.717) is 11.3 Å². The molecule has 4 rings (SSSR count). The van der Waals surface area contributed by atoms with E-state index in [9.17, 15) is 9.18 Å². The zero-order chi connectivity index (χ0) is 24.4. The smallest absolute Gasteiger partial charge is 0.239 e. The fourth-order valence-corrected chi connectivity index (χ4v) is 4.64. The first-order valence-electron chi connectivity index (χ1n) is 11.8. The van der Waals surface area contributed by atoms with Crippen LogP contribution >= 0.6 is 0 Å². The van der Waals surface area contributed by atoms with Gasteiger partial charge in [0.1, 0.15) is 17.2 Å². The molecular formula is C27H33FN4O2. The summed E-state index contributed by atoms with van der Waals surface area (Å²) in [5.41, 5.74) is 4.59. The number of amides is 1. The number of hydrogen-bond acceptors (Lipinski definition) is 4. The maximum Gasteiger partial charge on any atom is 0.239 e. The monoisotopic (exact) mass is 464 g/mol. The zero-order valence-electron chi connectivity index (χ0n) is 20.5. The third-order valence-corrected chi connectivity index (χ3v) is 6.53. The van der Waals surface area contributed by atoms with Crippen molar-refractivity contribution in [3.63, 3.8) is 0 Å². The molecule has 2 N–H and O–H groups in total. The van der Waals surface area contributed by atoms with Crippen molar-refractivity contribution >= 4 is 22.5 Å². The van der Waals surface area contributed by atoms with E-state index in [0.717, 1.165) is 41.6 Å². The van der Waals surface area contributed by atoms with Gasteiger partial charge in [-0.25, -0.2) is 9.37 Å². The van der Waals surface area contributed by atoms with Gasteiger partial charge >= 0.3 is 0 Å². The van der Waals surface area contributed by atoms with Crippen molar-refractivity contribution in [3.05, 3.63) is 54.1 Å². The molecule has 7 heteroatoms. The van der Waals surface area contributed by atoms with E-state index in [-0.39, 0.29) is 29.7 Å². The minimum atomic E-state index is -0.308. The first-order chi connectivity index (χ1) is 16.3. The van der Waals surface area contributed by atoms with Crippen molar-refractivity contribution in [2.24, 2.45) is 5.92 Å². The Morgan fingerprint density at radius 2 is 2.03 bits per heavy atom. The number of rotatable bonds is 7. The molecule has 180 valence electrons. The molecule has 2 aromatic heterocycles. The predicted octanol–water partition coefficient (Wildman–Crippen LogP) is 5.02. The van der Waals surface area contributed by atoms with E-state index in [1.807, 2.05) is 6.07 Å². The summed E-state index contributed by atoms with van der Waals surface area (Å²) in [7, 11) is 5.19. The number of nitrogens with zero attached hydrogens (tertiary/aromatic N) is 2. The van der Waals surface area contributed by atoms with Gasteiger partial charge in [-0.3, -0.25) is 4.79 Å². The topological polar surface area (TPSA) is 70.2 Å². The van der Waals surface area contributed by atoms with Gasteiger partial charge in [0.25, 0.3) is 0 Å². The summed E-state index contributed by atoms with van der Waals surface area (Å²) in [5.74, 6) is 0.650. The van der Waals surface area contributed by atoms with E-state index in [1.54, 1.807) is 38.4 Å². The van der Waals surface area contributed by atoms with E-state index in [1.165, 1.54) is 17.7 Å². The fraction of sp³-hybridized carbons (Fsp3) is 0.407. The second kappa shape index (κ2) is 9.97. The van der Waals surface area contributed by atoms with Crippen LogP contribution in [0.1, 0.15) is 38.8 Å². The van der Waals surface area contributed by atoms with Crippen molar-refractivity contribution in [2.75, 3.05) is 21.2 Å². The number of benzene rings is 1. The molecule has 0 aliphatic heterocycles. The number of nitrogens with one attached hydrogen (secondary N) is 2. The third kappa shape index (κ3) is 4.85. The molecule has 0 saturated carbocycles. The van der Waals surface area contributed by atoms with Gasteiger partial charge in [-0.1, -0.05) is 19.9 Å². The molecule has 0 bridgehead atoms. The first kappa shape index (κ1) is 24.0. The SMILES string of the molecule is COc1ccc(F)cc1-c1ccnc2[nH]c(C3=CCC(N[C@@H](C(=O)N(C)C)C(C)C)CC3)cc12. The Hall–Kier alpha value is -3.19. The van der Waals surface area contributed by atoms with Crippen molar-refractivity contribution in [1.29, 1.82) is 0 Å². The molecule has 1 unspecified atom stereocenters. The second-order valence-electron chi connectivity index (χ2n) is 9.47. The number of H-pyrrole nitrogens is 1. The number of hydrogen-bond donors (Lipinski definition) is 2. The number of fused-ring (bicyclic) bond motifs is 1. The van der Waals surface area contributed by atoms with Crippen molar-refractivity contribution in [2.45, 2.75) is 45.2 Å². The Kier molecular flexibility index (Phi) is 7.03. The van der Waals surface area contributed by atoms with Crippen LogP contribution in [0.25, 0.3) is 27.7 Å². The van der Waals surface area contributed by atoms with Gasteiger partial charge in [-0.15, -0.1) is 0 Å². The van der Waals surface area contributed by atoms with Gasteiger partial charge in [0.15, 0.2) is 0 Å². The highest BCUT2D eigenvalue weighted by atomic mass is 19.1. The lowest BCUT2D eigenvalue weighted by atomic mass is 9.91. The molecule has 34 heavy (non-hydrogen) atoms. The summed E-state index contributed by atoms with van der Waals surface area (Å²) >= 11 is 0. The summed E-state index contributed by atoms with van der Waals surface area (Å²) in [5, 5.41) is 4.51. The highest BCUT2D eigenvalue weighted by Gasteiger charge is 2.27. The van der Waals surface area contributed by atoms with E-state index < -0.39 is 0 Å². The first-order valence-corrected chi connectivity index (χ1v) is 11.8. The largest absolute Gasteiger partial charge is 0.496 e. The van der Waals surface area contributed by atoms with Crippen molar-refractivity contribution < 1.29 is 13.9 Å². The predicted molar refractivity (Wildman–Crippen MR) is 134 cm³/mol. The van der Waals surface area contributed by atoms with Gasteiger partial charge in [-0.2, -0.15) is 0 Å². The second-order valence-corrected chi connectivity index (χ2v) is 9.47. The molecule has 3 aromatic rings. The van der Waals surface area contributed by atoms with Crippen molar-refractivity contribution in [3.8, 4) is 16.9 Å². The maximum atomic E-state index is 14.0. The number of allylic oxidation sites excluding steroid dienone is 1. The van der Waals surface area contributed by atoms with Crippen LogP contribution in [0.5, 0.6) is 5.75 Å². The lowest BCUT2D eigenvalue weighted by Gasteiger charge is -2.31. The number of aromatic nitrogens is 2. The van der Waals surface area contributed by atoms with Crippen LogP contribution in [-0.2, 0) is 4.79 Å². The van der Waals surface area contributed by atoms with E-state index in [4.69, 9.17) is 4.74 Å². The zero-order valence-corrected chi connectivity index (χ0v) is 20.5. The minimum absolute atomic E-state index is 0.117. The van der Waals surface area contributed by atoms with Crippen molar-refractivity contribution in [1.82, 2.24) is 20.2 Å². The Morgan fingerprint density at radius 1 is 1.24 bits per heavy atom. The Bertz CT molecular complexity index is 1210. The van der Waals surface area contributed by atoms with Crippen LogP contribution < -0.4 is 10.1 Å². The molecular weight excluding hydrogens is 431 g/mol. The fourth-order valence-electron chi connectivity index (χ4n) is 4.64. The molecule has 1 amide bonds. The molecule has 0 fully saturated rings. The number of methoxy groups -OCH3 is 1. The number of carbonyl (C=O) groups is 1. The van der Waals surface area contributed by atoms with Gasteiger partial charge in [0.2, 0.25) is 5.91 Å². The van der Waals surface area contributed by atoms with Crippen LogP contribution in [0.4, 0.5) is 4.39 Å². The van der Waals surface area contributed by atoms with Crippen LogP contribution in [0.3, 0.4) is 0 Å². The lowest BCUT2D eigenvalue weighted by Crippen LogP contribution is -2.51. The number of pyridine rings is 1. The van der Waals surface area contributed by atoms with E-state index in [2.05, 4.69) is 41.3 Å². The number of ether oxygens (including phenoxy) is 1. The summed E-state index contributed by atoms with van der Waals surface area (Å²) < 4.78 is 19.5. The number of carbonyl (C=O) groups excluding carboxylic acids is 1. The summed E-state index contributed by atoms with van der Waals surface area (Å²) in [4.78, 5) is 22.2. The van der Waals surface area contributed by atoms with Gasteiger partial charge in [-0.05, 0) is 66.6 Å². The Morgan fingerprint density at radius 3 is 2.68 bits per heavy atom. The molecule has 6 nitrogen and oxygen atoms in total. The standard InChI is InChI=1S/C27H33FN4O2/c1-16(2)25(27(33)32(3)4)30-19-9-6-17(7-10-19)23-15-22-20(12-13-29-26(22)31-23)21-14-18(28)8-11-24(21)34-5/h6,8,11-16,19,25,30H,7,9-10H2,1-5H3,(H,29,31)/t19?,25-/m1/s1. The van der Waals surface area contributed by atoms with Gasteiger partial charge in [0.05, 0.1) is 13.2 Å². The summed E-state index contributed by atoms with van der Waals surface area (Å²) in [6, 6.07) is 8.60.